The molecule has 1 N–H and O–H groups in total. The number of halogens is 2. The zero-order valence-electron chi connectivity index (χ0n) is 9.67. The van der Waals surface area contributed by atoms with Crippen LogP contribution in [0.15, 0.2) is 36.4 Å². The SMILES string of the molecule is Cc1ccc2nc(-c3ccc(F)cc3I)[nH]c2c1. The van der Waals surface area contributed by atoms with Crippen LogP contribution in [0.1, 0.15) is 5.56 Å². The van der Waals surface area contributed by atoms with Gasteiger partial charge in [0.15, 0.2) is 0 Å². The molecule has 1 aromatic heterocycles. The summed E-state index contributed by atoms with van der Waals surface area (Å²) in [7, 11) is 0. The fraction of sp³-hybridized carbons (Fsp3) is 0.0714. The standard InChI is InChI=1S/C14H10FIN2/c1-8-2-5-12-13(6-8)18-14(17-12)10-4-3-9(15)7-11(10)16/h2-7H,1H3,(H,17,18). The topological polar surface area (TPSA) is 28.7 Å². The third kappa shape index (κ3) is 2.01. The number of benzene rings is 2. The summed E-state index contributed by atoms with van der Waals surface area (Å²) >= 11 is 2.12. The first kappa shape index (κ1) is 11.6. The van der Waals surface area contributed by atoms with Crippen molar-refractivity contribution in [2.75, 3.05) is 0 Å². The number of aryl methyl sites for hydroxylation is 1. The molecular weight excluding hydrogens is 342 g/mol. The zero-order chi connectivity index (χ0) is 12.7. The Morgan fingerprint density at radius 3 is 2.78 bits per heavy atom. The van der Waals surface area contributed by atoms with Gasteiger partial charge in [-0.2, -0.15) is 0 Å². The maximum absolute atomic E-state index is 13.1. The number of rotatable bonds is 1. The molecule has 0 aliphatic rings. The van der Waals surface area contributed by atoms with Gasteiger partial charge in [-0.25, -0.2) is 9.37 Å². The van der Waals surface area contributed by atoms with Crippen LogP contribution in [-0.2, 0) is 0 Å². The van der Waals surface area contributed by atoms with Gasteiger partial charge in [0, 0.05) is 9.13 Å². The van der Waals surface area contributed by atoms with Crippen molar-refractivity contribution < 1.29 is 4.39 Å². The molecule has 0 fully saturated rings. The number of H-pyrrole nitrogens is 1. The van der Waals surface area contributed by atoms with E-state index in [9.17, 15) is 4.39 Å². The number of fused-ring (bicyclic) bond motifs is 1. The van der Waals surface area contributed by atoms with Gasteiger partial charge in [-0.3, -0.25) is 0 Å². The van der Waals surface area contributed by atoms with Gasteiger partial charge in [0.05, 0.1) is 11.0 Å². The molecule has 18 heavy (non-hydrogen) atoms. The lowest BCUT2D eigenvalue weighted by Gasteiger charge is -2.00. The predicted octanol–water partition coefficient (Wildman–Crippen LogP) is 4.28. The Labute approximate surface area is 117 Å². The maximum Gasteiger partial charge on any atom is 0.139 e. The second-order valence-corrected chi connectivity index (χ2v) is 5.39. The van der Waals surface area contributed by atoms with Crippen LogP contribution in [-0.4, -0.2) is 9.97 Å². The summed E-state index contributed by atoms with van der Waals surface area (Å²) in [5, 5.41) is 0. The van der Waals surface area contributed by atoms with Crippen LogP contribution < -0.4 is 0 Å². The molecule has 4 heteroatoms. The van der Waals surface area contributed by atoms with E-state index in [1.54, 1.807) is 6.07 Å². The van der Waals surface area contributed by atoms with E-state index < -0.39 is 0 Å². The fourth-order valence-corrected chi connectivity index (χ4v) is 2.67. The zero-order valence-corrected chi connectivity index (χ0v) is 11.8. The number of nitrogens with one attached hydrogen (secondary N) is 1. The molecule has 3 rings (SSSR count). The molecule has 3 aromatic rings. The average Bonchev–Trinajstić information content (AvgIpc) is 2.71. The van der Waals surface area contributed by atoms with E-state index in [4.69, 9.17) is 0 Å². The molecule has 1 heterocycles. The van der Waals surface area contributed by atoms with E-state index in [0.29, 0.717) is 0 Å². The smallest absolute Gasteiger partial charge is 0.139 e. The largest absolute Gasteiger partial charge is 0.338 e. The van der Waals surface area contributed by atoms with Crippen molar-refractivity contribution in [3.8, 4) is 11.4 Å². The monoisotopic (exact) mass is 352 g/mol. The van der Waals surface area contributed by atoms with Gasteiger partial charge in [-0.05, 0) is 65.4 Å². The number of nitrogens with zero attached hydrogens (tertiary/aromatic N) is 1. The molecule has 0 radical (unpaired) electrons. The van der Waals surface area contributed by atoms with Crippen LogP contribution in [0.5, 0.6) is 0 Å². The van der Waals surface area contributed by atoms with E-state index in [1.807, 2.05) is 19.1 Å². The number of aromatic amines is 1. The van der Waals surface area contributed by atoms with Crippen molar-refractivity contribution in [2.24, 2.45) is 0 Å². The van der Waals surface area contributed by atoms with Gasteiger partial charge in [0.2, 0.25) is 0 Å². The van der Waals surface area contributed by atoms with Crippen molar-refractivity contribution in [1.29, 1.82) is 0 Å². The van der Waals surface area contributed by atoms with Crippen molar-refractivity contribution >= 4 is 33.6 Å². The lowest BCUT2D eigenvalue weighted by molar-refractivity contribution is 0.627. The minimum atomic E-state index is -0.227. The summed E-state index contributed by atoms with van der Waals surface area (Å²) in [4.78, 5) is 7.81. The van der Waals surface area contributed by atoms with Crippen molar-refractivity contribution in [2.45, 2.75) is 6.92 Å². The number of hydrogen-bond donors (Lipinski definition) is 1. The molecule has 90 valence electrons. The van der Waals surface area contributed by atoms with E-state index in [2.05, 4.69) is 38.6 Å². The Morgan fingerprint density at radius 2 is 2.00 bits per heavy atom. The van der Waals surface area contributed by atoms with Crippen LogP contribution >= 0.6 is 22.6 Å². The van der Waals surface area contributed by atoms with Gasteiger partial charge in [-0.1, -0.05) is 6.07 Å². The van der Waals surface area contributed by atoms with Gasteiger partial charge in [-0.15, -0.1) is 0 Å². The van der Waals surface area contributed by atoms with Gasteiger partial charge < -0.3 is 4.98 Å². The second kappa shape index (κ2) is 4.35. The highest BCUT2D eigenvalue weighted by Gasteiger charge is 2.09. The first-order valence-electron chi connectivity index (χ1n) is 5.55. The Morgan fingerprint density at radius 1 is 1.17 bits per heavy atom. The van der Waals surface area contributed by atoms with Crippen LogP contribution in [0.3, 0.4) is 0 Å². The van der Waals surface area contributed by atoms with Gasteiger partial charge >= 0.3 is 0 Å². The van der Waals surface area contributed by atoms with E-state index in [-0.39, 0.29) is 5.82 Å². The predicted molar refractivity (Wildman–Crippen MR) is 78.9 cm³/mol. The number of hydrogen-bond acceptors (Lipinski definition) is 1. The Kier molecular flexibility index (Phi) is 2.81. The lowest BCUT2D eigenvalue weighted by Crippen LogP contribution is -1.86. The minimum Gasteiger partial charge on any atom is -0.338 e. The lowest BCUT2D eigenvalue weighted by atomic mass is 10.2. The summed E-state index contributed by atoms with van der Waals surface area (Å²) in [6.45, 7) is 2.04. The summed E-state index contributed by atoms with van der Waals surface area (Å²) in [5.74, 6) is 0.551. The molecule has 0 aliphatic carbocycles. The van der Waals surface area contributed by atoms with Gasteiger partial charge in [0.1, 0.15) is 11.6 Å². The molecule has 2 nitrogen and oxygen atoms in total. The maximum atomic E-state index is 13.1. The highest BCUT2D eigenvalue weighted by Crippen LogP contribution is 2.26. The third-order valence-corrected chi connectivity index (χ3v) is 3.72. The second-order valence-electron chi connectivity index (χ2n) is 4.23. The fourth-order valence-electron chi connectivity index (χ4n) is 1.93. The molecule has 0 spiro atoms. The van der Waals surface area contributed by atoms with E-state index in [0.717, 1.165) is 26.0 Å². The molecule has 0 atom stereocenters. The minimum absolute atomic E-state index is 0.227. The van der Waals surface area contributed by atoms with E-state index in [1.165, 1.54) is 17.7 Å². The van der Waals surface area contributed by atoms with Crippen LogP contribution in [0.4, 0.5) is 4.39 Å². The molecule has 0 aliphatic heterocycles. The summed E-state index contributed by atoms with van der Waals surface area (Å²) in [6.07, 6.45) is 0. The first-order chi connectivity index (χ1) is 8.63. The Bertz CT molecular complexity index is 734. The van der Waals surface area contributed by atoms with Crippen molar-refractivity contribution in [3.05, 3.63) is 51.3 Å². The summed E-state index contributed by atoms with van der Waals surface area (Å²) < 4.78 is 13.9. The van der Waals surface area contributed by atoms with E-state index >= 15 is 0 Å². The quantitative estimate of drug-likeness (QED) is 0.651. The summed E-state index contributed by atoms with van der Waals surface area (Å²) in [6, 6.07) is 10.8. The number of imidazole rings is 1. The van der Waals surface area contributed by atoms with Crippen LogP contribution in [0.25, 0.3) is 22.4 Å². The normalized spacial score (nSPS) is 11.1. The molecule has 0 saturated carbocycles. The molecule has 0 saturated heterocycles. The molecular formula is C14H10FIN2. The average molecular weight is 352 g/mol. The van der Waals surface area contributed by atoms with Crippen LogP contribution in [0.2, 0.25) is 0 Å². The van der Waals surface area contributed by atoms with Crippen molar-refractivity contribution in [3.63, 3.8) is 0 Å². The Balaban J connectivity index is 2.19. The molecule has 0 amide bonds. The molecule has 2 aromatic carbocycles. The first-order valence-corrected chi connectivity index (χ1v) is 6.63. The van der Waals surface area contributed by atoms with Crippen LogP contribution in [0, 0.1) is 16.3 Å². The Hall–Kier alpha value is -1.43. The number of aromatic nitrogens is 2. The highest BCUT2D eigenvalue weighted by atomic mass is 127. The highest BCUT2D eigenvalue weighted by molar-refractivity contribution is 14.1. The molecule has 0 unspecified atom stereocenters. The third-order valence-electron chi connectivity index (χ3n) is 2.82. The molecule has 0 bridgehead atoms. The summed E-state index contributed by atoms with van der Waals surface area (Å²) in [5.41, 5.74) is 4.04. The van der Waals surface area contributed by atoms with Crippen molar-refractivity contribution in [1.82, 2.24) is 9.97 Å². The van der Waals surface area contributed by atoms with Gasteiger partial charge in [0.25, 0.3) is 0 Å².